The fourth-order valence-corrected chi connectivity index (χ4v) is 1.82. The second-order valence-corrected chi connectivity index (χ2v) is 4.43. The van der Waals surface area contributed by atoms with Crippen LogP contribution in [0.5, 0.6) is 0 Å². The number of aryl methyl sites for hydroxylation is 1. The summed E-state index contributed by atoms with van der Waals surface area (Å²) in [6, 6.07) is 6.59. The highest BCUT2D eigenvalue weighted by atomic mass is 79.9. The summed E-state index contributed by atoms with van der Waals surface area (Å²) in [5, 5.41) is 3.47. The van der Waals surface area contributed by atoms with Gasteiger partial charge in [0.1, 0.15) is 0 Å². The molecular formula is C12H18BrNO. The smallest absolute Gasteiger partial charge is 0.0663 e. The van der Waals surface area contributed by atoms with Crippen LogP contribution in [0, 0.1) is 6.92 Å². The Morgan fingerprint density at radius 3 is 2.80 bits per heavy atom. The van der Waals surface area contributed by atoms with Gasteiger partial charge in [0.25, 0.3) is 0 Å². The van der Waals surface area contributed by atoms with Crippen LogP contribution < -0.4 is 5.32 Å². The van der Waals surface area contributed by atoms with E-state index in [2.05, 4.69) is 53.3 Å². The maximum Gasteiger partial charge on any atom is 0.0663 e. The molecule has 0 fully saturated rings. The average Bonchev–Trinajstić information content (AvgIpc) is 2.24. The predicted molar refractivity (Wildman–Crippen MR) is 68.5 cm³/mol. The van der Waals surface area contributed by atoms with E-state index in [0.717, 1.165) is 23.2 Å². The van der Waals surface area contributed by atoms with Crippen LogP contribution in [-0.4, -0.2) is 19.8 Å². The highest BCUT2D eigenvalue weighted by molar-refractivity contribution is 9.10. The highest BCUT2D eigenvalue weighted by Gasteiger charge is 2.08. The van der Waals surface area contributed by atoms with Gasteiger partial charge >= 0.3 is 0 Å². The minimum atomic E-state index is 0.369. The van der Waals surface area contributed by atoms with E-state index >= 15 is 0 Å². The van der Waals surface area contributed by atoms with Gasteiger partial charge in [0.2, 0.25) is 0 Å². The maximum absolute atomic E-state index is 5.16. The van der Waals surface area contributed by atoms with Gasteiger partial charge in [0.15, 0.2) is 0 Å². The van der Waals surface area contributed by atoms with E-state index in [1.807, 2.05) is 0 Å². The molecule has 0 spiro atoms. The number of hydrogen-bond donors (Lipinski definition) is 1. The van der Waals surface area contributed by atoms with Crippen LogP contribution in [0.1, 0.15) is 18.9 Å². The van der Waals surface area contributed by atoms with Gasteiger partial charge in [-0.2, -0.15) is 0 Å². The molecule has 0 amide bonds. The molecule has 0 saturated heterocycles. The van der Waals surface area contributed by atoms with Gasteiger partial charge in [0.05, 0.1) is 6.61 Å². The summed E-state index contributed by atoms with van der Waals surface area (Å²) in [5.41, 5.74) is 2.38. The molecule has 0 radical (unpaired) electrons. The largest absolute Gasteiger partial charge is 0.383 e. The second-order valence-electron chi connectivity index (χ2n) is 3.64. The number of nitrogens with one attached hydrogen (secondary N) is 1. The number of hydrogen-bond acceptors (Lipinski definition) is 2. The molecule has 1 unspecified atom stereocenters. The molecule has 0 heterocycles. The zero-order chi connectivity index (χ0) is 11.3. The third-order valence-electron chi connectivity index (χ3n) is 2.41. The van der Waals surface area contributed by atoms with Crippen molar-refractivity contribution in [2.45, 2.75) is 26.3 Å². The fourth-order valence-electron chi connectivity index (χ4n) is 1.44. The molecule has 1 rings (SSSR count). The lowest BCUT2D eigenvalue weighted by Gasteiger charge is -2.18. The van der Waals surface area contributed by atoms with Crippen molar-refractivity contribution in [1.29, 1.82) is 0 Å². The molecule has 84 valence electrons. The van der Waals surface area contributed by atoms with Crippen molar-refractivity contribution >= 4 is 21.6 Å². The number of halogens is 1. The second kappa shape index (κ2) is 6.13. The summed E-state index contributed by atoms with van der Waals surface area (Å²) >= 11 is 3.59. The van der Waals surface area contributed by atoms with Gasteiger partial charge in [-0.15, -0.1) is 0 Å². The standard InChI is InChI=1S/C12H18BrNO/c1-4-10(8-15-3)14-11-7-5-6-9(2)12(11)13/h5-7,10,14H,4,8H2,1-3H3. The number of methoxy groups -OCH3 is 1. The van der Waals surface area contributed by atoms with Crippen molar-refractivity contribution in [3.8, 4) is 0 Å². The van der Waals surface area contributed by atoms with Gasteiger partial charge in [0, 0.05) is 23.3 Å². The minimum Gasteiger partial charge on any atom is -0.383 e. The van der Waals surface area contributed by atoms with E-state index in [9.17, 15) is 0 Å². The van der Waals surface area contributed by atoms with E-state index in [4.69, 9.17) is 4.74 Å². The number of anilines is 1. The van der Waals surface area contributed by atoms with E-state index in [-0.39, 0.29) is 0 Å². The molecule has 15 heavy (non-hydrogen) atoms. The van der Waals surface area contributed by atoms with Crippen LogP contribution in [0.25, 0.3) is 0 Å². The normalized spacial score (nSPS) is 12.5. The SMILES string of the molecule is CCC(COC)Nc1cccc(C)c1Br. The number of ether oxygens (including phenoxy) is 1. The Bertz CT molecular complexity index is 314. The summed E-state index contributed by atoms with van der Waals surface area (Å²) in [5.74, 6) is 0. The lowest BCUT2D eigenvalue weighted by Crippen LogP contribution is -2.24. The lowest BCUT2D eigenvalue weighted by atomic mass is 10.2. The minimum absolute atomic E-state index is 0.369. The molecule has 0 aliphatic heterocycles. The molecule has 1 aromatic rings. The van der Waals surface area contributed by atoms with Crippen LogP contribution in [-0.2, 0) is 4.74 Å². The summed E-state index contributed by atoms with van der Waals surface area (Å²) < 4.78 is 6.30. The van der Waals surface area contributed by atoms with Crippen molar-refractivity contribution in [2.75, 3.05) is 19.0 Å². The van der Waals surface area contributed by atoms with Gasteiger partial charge < -0.3 is 10.1 Å². The fraction of sp³-hybridized carbons (Fsp3) is 0.500. The molecule has 2 nitrogen and oxygen atoms in total. The Morgan fingerprint density at radius 2 is 2.20 bits per heavy atom. The molecule has 0 aliphatic carbocycles. The Balaban J connectivity index is 2.74. The Morgan fingerprint density at radius 1 is 1.47 bits per heavy atom. The number of rotatable bonds is 5. The van der Waals surface area contributed by atoms with Crippen LogP contribution in [0.3, 0.4) is 0 Å². The molecule has 0 saturated carbocycles. The van der Waals surface area contributed by atoms with Crippen LogP contribution in [0.15, 0.2) is 22.7 Å². The van der Waals surface area contributed by atoms with Gasteiger partial charge in [-0.25, -0.2) is 0 Å². The average molecular weight is 272 g/mol. The van der Waals surface area contributed by atoms with Crippen molar-refractivity contribution in [3.63, 3.8) is 0 Å². The summed E-state index contributed by atoms with van der Waals surface area (Å²) in [4.78, 5) is 0. The first kappa shape index (κ1) is 12.5. The molecule has 0 aromatic heterocycles. The lowest BCUT2D eigenvalue weighted by molar-refractivity contribution is 0.184. The van der Waals surface area contributed by atoms with E-state index in [0.29, 0.717) is 6.04 Å². The summed E-state index contributed by atoms with van der Waals surface area (Å²) in [6.45, 7) is 4.98. The van der Waals surface area contributed by atoms with Crippen LogP contribution >= 0.6 is 15.9 Å². The molecule has 3 heteroatoms. The van der Waals surface area contributed by atoms with Crippen molar-refractivity contribution < 1.29 is 4.74 Å². The number of benzene rings is 1. The third kappa shape index (κ3) is 3.50. The molecule has 0 aliphatic rings. The first-order valence-corrected chi connectivity index (χ1v) is 5.99. The predicted octanol–water partition coefficient (Wildman–Crippen LogP) is 3.59. The van der Waals surface area contributed by atoms with Crippen molar-refractivity contribution in [2.24, 2.45) is 0 Å². The van der Waals surface area contributed by atoms with E-state index < -0.39 is 0 Å². The Hall–Kier alpha value is -0.540. The Kier molecular flexibility index (Phi) is 5.12. The zero-order valence-corrected chi connectivity index (χ0v) is 11.1. The third-order valence-corrected chi connectivity index (χ3v) is 3.46. The van der Waals surface area contributed by atoms with Crippen molar-refractivity contribution in [1.82, 2.24) is 0 Å². The molecule has 1 N–H and O–H groups in total. The zero-order valence-electron chi connectivity index (χ0n) is 9.51. The maximum atomic E-state index is 5.16. The molecular weight excluding hydrogens is 254 g/mol. The summed E-state index contributed by atoms with van der Waals surface area (Å²) in [6.07, 6.45) is 1.05. The van der Waals surface area contributed by atoms with Gasteiger partial charge in [-0.3, -0.25) is 0 Å². The highest BCUT2D eigenvalue weighted by Crippen LogP contribution is 2.26. The Labute approximate surface area is 100 Å². The topological polar surface area (TPSA) is 21.3 Å². The first-order valence-electron chi connectivity index (χ1n) is 5.19. The molecule has 1 atom stereocenters. The first-order chi connectivity index (χ1) is 7.19. The van der Waals surface area contributed by atoms with Crippen LogP contribution in [0.2, 0.25) is 0 Å². The summed E-state index contributed by atoms with van der Waals surface area (Å²) in [7, 11) is 1.73. The van der Waals surface area contributed by atoms with E-state index in [1.165, 1.54) is 5.56 Å². The van der Waals surface area contributed by atoms with Crippen LogP contribution in [0.4, 0.5) is 5.69 Å². The quantitative estimate of drug-likeness (QED) is 0.884. The molecule has 0 bridgehead atoms. The van der Waals surface area contributed by atoms with E-state index in [1.54, 1.807) is 7.11 Å². The molecule has 1 aromatic carbocycles. The van der Waals surface area contributed by atoms with Gasteiger partial charge in [-0.05, 0) is 40.9 Å². The van der Waals surface area contributed by atoms with Crippen molar-refractivity contribution in [3.05, 3.63) is 28.2 Å². The van der Waals surface area contributed by atoms with Gasteiger partial charge in [-0.1, -0.05) is 19.1 Å². The monoisotopic (exact) mass is 271 g/mol.